The molecule has 112 valence electrons. The van der Waals surface area contributed by atoms with E-state index < -0.39 is 8.07 Å². The van der Waals surface area contributed by atoms with E-state index in [9.17, 15) is 4.39 Å². The van der Waals surface area contributed by atoms with Crippen LogP contribution in [0.3, 0.4) is 0 Å². The second kappa shape index (κ2) is 6.54. The molecule has 0 N–H and O–H groups in total. The highest BCUT2D eigenvalue weighted by molar-refractivity contribution is 6.88. The summed E-state index contributed by atoms with van der Waals surface area (Å²) in [5, 5.41) is 1.48. The highest BCUT2D eigenvalue weighted by atomic mass is 28.3. The van der Waals surface area contributed by atoms with Gasteiger partial charge in [-0.25, -0.2) is 4.39 Å². The fraction of sp³-hybridized carbons (Fsp3) is 0.333. The number of hydrogen-bond acceptors (Lipinski definition) is 1. The Labute approximate surface area is 128 Å². The summed E-state index contributed by atoms with van der Waals surface area (Å²) in [5.74, 6) is -0.126. The number of hydrogen-bond donors (Lipinski definition) is 0. The summed E-state index contributed by atoms with van der Waals surface area (Å²) in [4.78, 5) is 2.14. The Kier molecular flexibility index (Phi) is 4.96. The molecule has 2 aromatic rings. The van der Waals surface area contributed by atoms with Crippen LogP contribution in [0.15, 0.2) is 48.5 Å². The summed E-state index contributed by atoms with van der Waals surface area (Å²) in [5.41, 5.74) is 2.02. The monoisotopic (exact) mass is 301 g/mol. The van der Waals surface area contributed by atoms with Crippen molar-refractivity contribution >= 4 is 13.3 Å². The van der Waals surface area contributed by atoms with Crippen molar-refractivity contribution in [2.24, 2.45) is 0 Å². The van der Waals surface area contributed by atoms with E-state index in [1.54, 1.807) is 6.07 Å². The van der Waals surface area contributed by atoms with Crippen molar-refractivity contribution in [1.29, 1.82) is 0 Å². The number of rotatable bonds is 5. The summed E-state index contributed by atoms with van der Waals surface area (Å²) in [6, 6.07) is 15.9. The maximum atomic E-state index is 13.7. The molecule has 0 saturated heterocycles. The molecular weight excluding hydrogens is 277 g/mol. The van der Waals surface area contributed by atoms with Gasteiger partial charge in [-0.1, -0.05) is 67.3 Å². The Morgan fingerprint density at radius 1 is 0.905 bits per heavy atom. The maximum absolute atomic E-state index is 13.7. The standard InChI is InChI=1S/C18H24FNSi/c1-20(14-16-7-5-6-8-18(16)19)13-15-9-11-17(12-10-15)21(2,3)4/h5-12H,13-14H2,1-4H3. The number of nitrogens with zero attached hydrogens (tertiary/aromatic N) is 1. The zero-order valence-corrected chi connectivity index (χ0v) is 14.4. The van der Waals surface area contributed by atoms with Gasteiger partial charge in [-0.2, -0.15) is 0 Å². The summed E-state index contributed by atoms with van der Waals surface area (Å²) >= 11 is 0. The fourth-order valence-electron chi connectivity index (χ4n) is 2.40. The predicted octanol–water partition coefficient (Wildman–Crippen LogP) is 4.00. The van der Waals surface area contributed by atoms with Crippen LogP contribution in [0.2, 0.25) is 19.6 Å². The van der Waals surface area contributed by atoms with E-state index >= 15 is 0 Å². The van der Waals surface area contributed by atoms with Crippen LogP contribution in [0.1, 0.15) is 11.1 Å². The largest absolute Gasteiger partial charge is 0.298 e. The molecule has 0 heterocycles. The van der Waals surface area contributed by atoms with Crippen molar-refractivity contribution in [3.63, 3.8) is 0 Å². The smallest absolute Gasteiger partial charge is 0.127 e. The molecule has 0 aliphatic carbocycles. The van der Waals surface area contributed by atoms with Crippen molar-refractivity contribution in [3.8, 4) is 0 Å². The van der Waals surface area contributed by atoms with Gasteiger partial charge in [0, 0.05) is 18.7 Å². The van der Waals surface area contributed by atoms with E-state index in [2.05, 4.69) is 48.8 Å². The molecule has 0 fully saturated rings. The first-order valence-electron chi connectivity index (χ1n) is 7.37. The Hall–Kier alpha value is -1.45. The lowest BCUT2D eigenvalue weighted by atomic mass is 10.1. The van der Waals surface area contributed by atoms with Crippen LogP contribution >= 0.6 is 0 Å². The van der Waals surface area contributed by atoms with Crippen molar-refractivity contribution in [2.45, 2.75) is 32.7 Å². The van der Waals surface area contributed by atoms with Crippen LogP contribution in [0.4, 0.5) is 4.39 Å². The molecule has 0 aliphatic rings. The van der Waals surface area contributed by atoms with Crippen LogP contribution in [0, 0.1) is 5.82 Å². The van der Waals surface area contributed by atoms with Gasteiger partial charge in [0.1, 0.15) is 5.82 Å². The third-order valence-corrected chi connectivity index (χ3v) is 5.74. The first-order chi connectivity index (χ1) is 9.86. The molecule has 0 radical (unpaired) electrons. The molecule has 21 heavy (non-hydrogen) atoms. The Morgan fingerprint density at radius 2 is 1.52 bits per heavy atom. The lowest BCUT2D eigenvalue weighted by Crippen LogP contribution is -2.37. The highest BCUT2D eigenvalue weighted by Gasteiger charge is 2.15. The molecule has 0 bridgehead atoms. The van der Waals surface area contributed by atoms with Gasteiger partial charge >= 0.3 is 0 Å². The van der Waals surface area contributed by atoms with Crippen LogP contribution in [0.25, 0.3) is 0 Å². The average molecular weight is 301 g/mol. The van der Waals surface area contributed by atoms with E-state index in [-0.39, 0.29) is 5.82 Å². The molecule has 2 aromatic carbocycles. The Morgan fingerprint density at radius 3 is 2.10 bits per heavy atom. The second-order valence-corrected chi connectivity index (χ2v) is 11.8. The number of halogens is 1. The minimum atomic E-state index is -1.23. The lowest BCUT2D eigenvalue weighted by Gasteiger charge is -2.19. The van der Waals surface area contributed by atoms with Crippen molar-refractivity contribution < 1.29 is 4.39 Å². The van der Waals surface area contributed by atoms with Crippen LogP contribution in [-0.2, 0) is 13.1 Å². The number of benzene rings is 2. The zero-order valence-electron chi connectivity index (χ0n) is 13.4. The molecule has 1 nitrogen and oxygen atoms in total. The topological polar surface area (TPSA) is 3.24 Å². The van der Waals surface area contributed by atoms with Gasteiger partial charge < -0.3 is 0 Å². The molecule has 2 rings (SSSR count). The SMILES string of the molecule is CN(Cc1ccc([Si](C)(C)C)cc1)Cc1ccccc1F. The molecule has 0 unspecified atom stereocenters. The summed E-state index contributed by atoms with van der Waals surface area (Å²) in [6.07, 6.45) is 0. The first kappa shape index (κ1) is 15.9. The van der Waals surface area contributed by atoms with Crippen molar-refractivity contribution in [3.05, 3.63) is 65.5 Å². The summed E-state index contributed by atoms with van der Waals surface area (Å²) in [7, 11) is 0.799. The Balaban J connectivity index is 2.00. The third kappa shape index (κ3) is 4.51. The van der Waals surface area contributed by atoms with E-state index in [4.69, 9.17) is 0 Å². The molecule has 0 aliphatic heterocycles. The van der Waals surface area contributed by atoms with Gasteiger partial charge in [-0.05, 0) is 18.7 Å². The molecule has 0 spiro atoms. The molecule has 0 aromatic heterocycles. The van der Waals surface area contributed by atoms with Gasteiger partial charge in [-0.3, -0.25) is 4.90 Å². The third-order valence-electron chi connectivity index (χ3n) is 3.67. The first-order valence-corrected chi connectivity index (χ1v) is 10.9. The van der Waals surface area contributed by atoms with Crippen molar-refractivity contribution in [1.82, 2.24) is 4.90 Å². The molecule has 0 saturated carbocycles. The van der Waals surface area contributed by atoms with E-state index in [0.717, 1.165) is 12.1 Å². The van der Waals surface area contributed by atoms with E-state index in [1.807, 2.05) is 19.2 Å². The van der Waals surface area contributed by atoms with Crippen LogP contribution < -0.4 is 5.19 Å². The van der Waals surface area contributed by atoms with Crippen molar-refractivity contribution in [2.75, 3.05) is 7.05 Å². The van der Waals surface area contributed by atoms with Gasteiger partial charge in [0.2, 0.25) is 0 Å². The highest BCUT2D eigenvalue weighted by Crippen LogP contribution is 2.12. The summed E-state index contributed by atoms with van der Waals surface area (Å²) < 4.78 is 13.7. The zero-order chi connectivity index (χ0) is 15.5. The molecule has 3 heteroatoms. The Bertz CT molecular complexity index is 587. The summed E-state index contributed by atoms with van der Waals surface area (Å²) in [6.45, 7) is 8.52. The van der Waals surface area contributed by atoms with E-state index in [1.165, 1.54) is 16.8 Å². The maximum Gasteiger partial charge on any atom is 0.127 e. The molecule has 0 amide bonds. The second-order valence-electron chi connectivity index (χ2n) is 6.71. The predicted molar refractivity (Wildman–Crippen MR) is 91.0 cm³/mol. The minimum Gasteiger partial charge on any atom is -0.298 e. The average Bonchev–Trinajstić information content (AvgIpc) is 2.41. The van der Waals surface area contributed by atoms with Gasteiger partial charge in [0.15, 0.2) is 0 Å². The van der Waals surface area contributed by atoms with Crippen LogP contribution in [-0.4, -0.2) is 20.0 Å². The van der Waals surface area contributed by atoms with E-state index in [0.29, 0.717) is 6.54 Å². The minimum absolute atomic E-state index is 0.126. The molecule has 0 atom stereocenters. The normalized spacial score (nSPS) is 11.9. The lowest BCUT2D eigenvalue weighted by molar-refractivity contribution is 0.313. The van der Waals surface area contributed by atoms with Gasteiger partial charge in [0.25, 0.3) is 0 Å². The molecular formula is C18H24FNSi. The fourth-order valence-corrected chi connectivity index (χ4v) is 3.56. The van der Waals surface area contributed by atoms with Crippen LogP contribution in [0.5, 0.6) is 0 Å². The quantitative estimate of drug-likeness (QED) is 0.754. The van der Waals surface area contributed by atoms with Gasteiger partial charge in [0.05, 0.1) is 8.07 Å². The van der Waals surface area contributed by atoms with Gasteiger partial charge in [-0.15, -0.1) is 0 Å².